The molecule has 2 aromatic heterocycles. The first-order valence-corrected chi connectivity index (χ1v) is 7.88. The maximum Gasteiger partial charge on any atom is 0.339 e. The minimum Gasteiger partial charge on any atom is -0.469 e. The Morgan fingerprint density at radius 2 is 2.00 bits per heavy atom. The van der Waals surface area contributed by atoms with E-state index in [0.29, 0.717) is 29.0 Å². The van der Waals surface area contributed by atoms with Crippen LogP contribution in [-0.4, -0.2) is 35.9 Å². The molecule has 0 aromatic carbocycles. The van der Waals surface area contributed by atoms with E-state index in [1.165, 1.54) is 20.3 Å². The average molecular weight is 347 g/mol. The molecule has 0 saturated carbocycles. The standard InChI is InChI=1S/C18H21NO6/c1-10-15(18(22)23-4)11(2)19-16(10)17(21)12(3)25-14(20)8-7-13-6-5-9-24-13/h5-6,9,12,19H,7-8H2,1-4H3/t12-/m1/s1. The van der Waals surface area contributed by atoms with Crippen LogP contribution in [0, 0.1) is 13.8 Å². The zero-order valence-corrected chi connectivity index (χ0v) is 14.7. The molecule has 2 aromatic rings. The molecule has 0 spiro atoms. The molecule has 134 valence electrons. The number of aromatic amines is 1. The fraction of sp³-hybridized carbons (Fsp3) is 0.389. The third-order valence-corrected chi connectivity index (χ3v) is 3.91. The number of nitrogens with one attached hydrogen (secondary N) is 1. The number of esters is 2. The summed E-state index contributed by atoms with van der Waals surface area (Å²) in [5.74, 6) is -0.739. The monoisotopic (exact) mass is 347 g/mol. The van der Waals surface area contributed by atoms with Crippen molar-refractivity contribution in [3.05, 3.63) is 46.7 Å². The quantitative estimate of drug-likeness (QED) is 0.611. The lowest BCUT2D eigenvalue weighted by atomic mass is 10.1. The van der Waals surface area contributed by atoms with E-state index < -0.39 is 23.8 Å². The van der Waals surface area contributed by atoms with Gasteiger partial charge in [-0.15, -0.1) is 0 Å². The van der Waals surface area contributed by atoms with E-state index in [1.807, 2.05) is 0 Å². The Hall–Kier alpha value is -2.83. The zero-order valence-electron chi connectivity index (χ0n) is 14.7. The fourth-order valence-electron chi connectivity index (χ4n) is 2.60. The number of carbonyl (C=O) groups excluding carboxylic acids is 3. The van der Waals surface area contributed by atoms with Gasteiger partial charge in [-0.25, -0.2) is 4.79 Å². The normalized spacial score (nSPS) is 11.8. The second-order valence-electron chi connectivity index (χ2n) is 5.69. The Labute approximate surface area is 145 Å². The summed E-state index contributed by atoms with van der Waals surface area (Å²) in [7, 11) is 1.28. The smallest absolute Gasteiger partial charge is 0.339 e. The van der Waals surface area contributed by atoms with E-state index in [4.69, 9.17) is 13.9 Å². The molecule has 1 atom stereocenters. The first-order valence-electron chi connectivity index (χ1n) is 7.88. The molecular formula is C18H21NO6. The van der Waals surface area contributed by atoms with E-state index in [-0.39, 0.29) is 12.1 Å². The summed E-state index contributed by atoms with van der Waals surface area (Å²) in [5, 5.41) is 0. The van der Waals surface area contributed by atoms with Gasteiger partial charge >= 0.3 is 11.9 Å². The summed E-state index contributed by atoms with van der Waals surface area (Å²) >= 11 is 0. The summed E-state index contributed by atoms with van der Waals surface area (Å²) in [4.78, 5) is 39.1. The van der Waals surface area contributed by atoms with E-state index in [0.717, 1.165) is 0 Å². The van der Waals surface area contributed by atoms with Crippen LogP contribution in [0.3, 0.4) is 0 Å². The van der Waals surface area contributed by atoms with Crippen molar-refractivity contribution in [2.75, 3.05) is 7.11 Å². The topological polar surface area (TPSA) is 98.6 Å². The third kappa shape index (κ3) is 4.17. The molecule has 0 aliphatic carbocycles. The molecule has 0 bridgehead atoms. The van der Waals surface area contributed by atoms with Gasteiger partial charge in [0.15, 0.2) is 6.10 Å². The van der Waals surface area contributed by atoms with Gasteiger partial charge in [0.1, 0.15) is 5.76 Å². The number of aryl methyl sites for hydroxylation is 2. The molecule has 0 amide bonds. The van der Waals surface area contributed by atoms with Crippen LogP contribution in [0.15, 0.2) is 22.8 Å². The van der Waals surface area contributed by atoms with Crippen LogP contribution in [0.2, 0.25) is 0 Å². The average Bonchev–Trinajstić information content (AvgIpc) is 3.19. The number of Topliss-reactive ketones (excluding diaryl/α,β-unsaturated/α-hetero) is 1. The van der Waals surface area contributed by atoms with Crippen LogP contribution >= 0.6 is 0 Å². The number of ketones is 1. The van der Waals surface area contributed by atoms with Crippen LogP contribution in [0.5, 0.6) is 0 Å². The number of hydrogen-bond donors (Lipinski definition) is 1. The number of furan rings is 1. The molecule has 7 heteroatoms. The Balaban J connectivity index is 2.02. The highest BCUT2D eigenvalue weighted by molar-refractivity contribution is 6.03. The predicted octanol–water partition coefficient (Wildman–Crippen LogP) is 2.76. The summed E-state index contributed by atoms with van der Waals surface area (Å²) in [6.45, 7) is 4.82. The number of hydrogen-bond acceptors (Lipinski definition) is 6. The Bertz CT molecular complexity index is 772. The van der Waals surface area contributed by atoms with Crippen LogP contribution in [-0.2, 0) is 20.7 Å². The molecule has 2 rings (SSSR count). The van der Waals surface area contributed by atoms with Crippen molar-refractivity contribution in [1.82, 2.24) is 4.98 Å². The number of methoxy groups -OCH3 is 1. The molecule has 0 aliphatic heterocycles. The molecule has 7 nitrogen and oxygen atoms in total. The minimum atomic E-state index is -0.966. The van der Waals surface area contributed by atoms with E-state index in [1.54, 1.807) is 26.0 Å². The van der Waals surface area contributed by atoms with Crippen molar-refractivity contribution in [2.24, 2.45) is 0 Å². The third-order valence-electron chi connectivity index (χ3n) is 3.91. The van der Waals surface area contributed by atoms with Crippen LogP contribution in [0.1, 0.15) is 51.2 Å². The van der Waals surface area contributed by atoms with Crippen molar-refractivity contribution in [1.29, 1.82) is 0 Å². The minimum absolute atomic E-state index is 0.112. The van der Waals surface area contributed by atoms with Gasteiger partial charge in [0.05, 0.1) is 31.1 Å². The van der Waals surface area contributed by atoms with Gasteiger partial charge in [0.2, 0.25) is 5.78 Å². The summed E-state index contributed by atoms with van der Waals surface area (Å²) < 4.78 is 15.1. The van der Waals surface area contributed by atoms with Crippen molar-refractivity contribution >= 4 is 17.7 Å². The van der Waals surface area contributed by atoms with Gasteiger partial charge in [0.25, 0.3) is 0 Å². The first kappa shape index (κ1) is 18.5. The van der Waals surface area contributed by atoms with Gasteiger partial charge in [0, 0.05) is 12.1 Å². The van der Waals surface area contributed by atoms with E-state index >= 15 is 0 Å². The van der Waals surface area contributed by atoms with Gasteiger partial charge in [-0.05, 0) is 38.5 Å². The number of aromatic nitrogens is 1. The molecule has 0 aliphatic rings. The van der Waals surface area contributed by atoms with Crippen LogP contribution in [0.4, 0.5) is 0 Å². The Morgan fingerprint density at radius 1 is 1.28 bits per heavy atom. The molecule has 0 unspecified atom stereocenters. The number of ether oxygens (including phenoxy) is 2. The first-order chi connectivity index (χ1) is 11.8. The van der Waals surface area contributed by atoms with Crippen molar-refractivity contribution in [2.45, 2.75) is 39.7 Å². The summed E-state index contributed by atoms with van der Waals surface area (Å²) in [5.41, 5.74) is 1.57. The largest absolute Gasteiger partial charge is 0.469 e. The highest BCUT2D eigenvalue weighted by Gasteiger charge is 2.27. The van der Waals surface area contributed by atoms with Crippen molar-refractivity contribution in [3.63, 3.8) is 0 Å². The van der Waals surface area contributed by atoms with Gasteiger partial charge in [-0.3, -0.25) is 9.59 Å². The molecule has 0 fully saturated rings. The molecular weight excluding hydrogens is 326 g/mol. The SMILES string of the molecule is COC(=O)c1c(C)[nH]c(C(=O)[C@@H](C)OC(=O)CCc2ccco2)c1C. The summed E-state index contributed by atoms with van der Waals surface area (Å²) in [6.07, 6.45) is 1.08. The van der Waals surface area contributed by atoms with Gasteiger partial charge in [-0.1, -0.05) is 0 Å². The number of H-pyrrole nitrogens is 1. The molecule has 2 heterocycles. The number of carbonyl (C=O) groups is 3. The zero-order chi connectivity index (χ0) is 18.6. The fourth-order valence-corrected chi connectivity index (χ4v) is 2.60. The van der Waals surface area contributed by atoms with Crippen LogP contribution in [0.25, 0.3) is 0 Å². The number of rotatable bonds is 7. The summed E-state index contributed by atoms with van der Waals surface area (Å²) in [6, 6.07) is 3.50. The van der Waals surface area contributed by atoms with Crippen molar-refractivity contribution in [3.8, 4) is 0 Å². The second kappa shape index (κ2) is 7.83. The highest BCUT2D eigenvalue weighted by atomic mass is 16.5. The lowest BCUT2D eigenvalue weighted by molar-refractivity contribution is -0.146. The maximum absolute atomic E-state index is 12.5. The van der Waals surface area contributed by atoms with Crippen LogP contribution < -0.4 is 0 Å². The highest BCUT2D eigenvalue weighted by Crippen LogP contribution is 2.21. The van der Waals surface area contributed by atoms with Gasteiger partial charge < -0.3 is 18.9 Å². The van der Waals surface area contributed by atoms with Gasteiger partial charge in [-0.2, -0.15) is 0 Å². The maximum atomic E-state index is 12.5. The predicted molar refractivity (Wildman–Crippen MR) is 88.5 cm³/mol. The van der Waals surface area contributed by atoms with Crippen molar-refractivity contribution < 1.29 is 28.3 Å². The molecule has 1 N–H and O–H groups in total. The Kier molecular flexibility index (Phi) is 5.80. The Morgan fingerprint density at radius 3 is 2.60 bits per heavy atom. The molecule has 25 heavy (non-hydrogen) atoms. The van der Waals surface area contributed by atoms with E-state index in [9.17, 15) is 14.4 Å². The lowest BCUT2D eigenvalue weighted by Gasteiger charge is -2.12. The van der Waals surface area contributed by atoms with E-state index in [2.05, 4.69) is 4.98 Å². The second-order valence-corrected chi connectivity index (χ2v) is 5.69. The molecule has 0 saturated heterocycles. The lowest BCUT2D eigenvalue weighted by Crippen LogP contribution is -2.25. The molecule has 0 radical (unpaired) electrons.